The van der Waals surface area contributed by atoms with Crippen molar-refractivity contribution in [2.75, 3.05) is 7.11 Å². The van der Waals surface area contributed by atoms with E-state index in [-0.39, 0.29) is 5.57 Å². The van der Waals surface area contributed by atoms with Crippen molar-refractivity contribution in [1.82, 2.24) is 10.2 Å². The lowest BCUT2D eigenvalue weighted by Crippen LogP contribution is -2.50. The predicted octanol–water partition coefficient (Wildman–Crippen LogP) is 2.40. The number of imide groups is 1. The van der Waals surface area contributed by atoms with Crippen LogP contribution in [0.3, 0.4) is 0 Å². The van der Waals surface area contributed by atoms with Crippen molar-refractivity contribution < 1.29 is 19.1 Å². The van der Waals surface area contributed by atoms with E-state index in [1.807, 2.05) is 0 Å². The van der Waals surface area contributed by atoms with Crippen LogP contribution in [-0.2, 0) is 14.3 Å². The number of esters is 1. The Morgan fingerprint density at radius 2 is 1.86 bits per heavy atom. The number of methoxy groups -OCH3 is 1. The lowest BCUT2D eigenvalue weighted by atomic mass is 9.94. The summed E-state index contributed by atoms with van der Waals surface area (Å²) in [4.78, 5) is 37.1. The monoisotopic (exact) mass is 322 g/mol. The number of nitrogens with zero attached hydrogens (tertiary/aromatic N) is 1. The Morgan fingerprint density at radius 3 is 2.36 bits per heavy atom. The molecule has 0 saturated heterocycles. The molecule has 116 valence electrons. The molecular formula is C15H15ClN2O4. The quantitative estimate of drug-likeness (QED) is 0.848. The summed E-state index contributed by atoms with van der Waals surface area (Å²) in [5.74, 6) is -1.09. The van der Waals surface area contributed by atoms with Gasteiger partial charge in [-0.05, 0) is 24.6 Å². The van der Waals surface area contributed by atoms with Gasteiger partial charge in [-0.2, -0.15) is 0 Å². The second-order valence-electron chi connectivity index (χ2n) is 4.80. The summed E-state index contributed by atoms with van der Waals surface area (Å²) in [7, 11) is 1.25. The Bertz CT molecular complexity index is 667. The highest BCUT2D eigenvalue weighted by molar-refractivity contribution is 6.30. The van der Waals surface area contributed by atoms with Gasteiger partial charge in [-0.3, -0.25) is 9.69 Å². The van der Waals surface area contributed by atoms with Gasteiger partial charge in [0, 0.05) is 17.6 Å². The molecule has 7 heteroatoms. The molecule has 0 aliphatic carbocycles. The van der Waals surface area contributed by atoms with Crippen LogP contribution in [0.2, 0.25) is 5.02 Å². The van der Waals surface area contributed by atoms with Gasteiger partial charge < -0.3 is 10.1 Å². The van der Waals surface area contributed by atoms with E-state index in [1.165, 1.54) is 14.0 Å². The van der Waals surface area contributed by atoms with E-state index < -0.39 is 23.9 Å². The molecular weight excluding hydrogens is 308 g/mol. The fourth-order valence-electron chi connectivity index (χ4n) is 2.40. The maximum atomic E-state index is 12.1. The highest BCUT2D eigenvalue weighted by Gasteiger charge is 2.40. The van der Waals surface area contributed by atoms with E-state index in [0.717, 1.165) is 4.90 Å². The number of allylic oxidation sites excluding steroid dienone is 1. The van der Waals surface area contributed by atoms with Gasteiger partial charge in [0.15, 0.2) is 0 Å². The van der Waals surface area contributed by atoms with Crippen molar-refractivity contribution in [2.24, 2.45) is 0 Å². The van der Waals surface area contributed by atoms with Gasteiger partial charge in [0.2, 0.25) is 5.91 Å². The number of urea groups is 1. The van der Waals surface area contributed by atoms with Crippen LogP contribution in [0.25, 0.3) is 0 Å². The third kappa shape index (κ3) is 2.82. The molecule has 1 heterocycles. The summed E-state index contributed by atoms with van der Waals surface area (Å²) in [6, 6.07) is 5.15. The average molecular weight is 323 g/mol. The first-order valence-corrected chi connectivity index (χ1v) is 6.90. The Kier molecular flexibility index (Phi) is 4.51. The summed E-state index contributed by atoms with van der Waals surface area (Å²) in [5, 5.41) is 3.02. The summed E-state index contributed by atoms with van der Waals surface area (Å²) in [6.07, 6.45) is 0. The van der Waals surface area contributed by atoms with E-state index >= 15 is 0 Å². The molecule has 0 aromatic heterocycles. The topological polar surface area (TPSA) is 75.7 Å². The predicted molar refractivity (Wildman–Crippen MR) is 80.0 cm³/mol. The van der Waals surface area contributed by atoms with Crippen LogP contribution in [0.5, 0.6) is 0 Å². The minimum Gasteiger partial charge on any atom is -0.466 e. The molecule has 1 atom stereocenters. The van der Waals surface area contributed by atoms with Crippen molar-refractivity contribution in [2.45, 2.75) is 19.9 Å². The third-order valence-corrected chi connectivity index (χ3v) is 3.63. The zero-order valence-corrected chi connectivity index (χ0v) is 13.1. The molecule has 0 bridgehead atoms. The molecule has 0 fully saturated rings. The minimum atomic E-state index is -0.851. The van der Waals surface area contributed by atoms with Gasteiger partial charge in [0.25, 0.3) is 0 Å². The number of hydrogen-bond donors (Lipinski definition) is 1. The number of hydrogen-bond acceptors (Lipinski definition) is 4. The molecule has 0 spiro atoms. The van der Waals surface area contributed by atoms with Gasteiger partial charge in [0.1, 0.15) is 6.04 Å². The number of ether oxygens (including phenoxy) is 1. The zero-order valence-electron chi connectivity index (χ0n) is 12.3. The number of nitrogens with one attached hydrogen (secondary N) is 1. The summed E-state index contributed by atoms with van der Waals surface area (Å²) >= 11 is 5.87. The Labute approximate surface area is 132 Å². The van der Waals surface area contributed by atoms with Crippen LogP contribution in [0.1, 0.15) is 25.5 Å². The van der Waals surface area contributed by atoms with Gasteiger partial charge in [-0.25, -0.2) is 9.59 Å². The average Bonchev–Trinajstić information content (AvgIpc) is 2.46. The fraction of sp³-hybridized carbons (Fsp3) is 0.267. The van der Waals surface area contributed by atoms with Crippen LogP contribution in [0, 0.1) is 0 Å². The zero-order chi connectivity index (χ0) is 16.4. The molecule has 1 aromatic carbocycles. The molecule has 1 aromatic rings. The number of halogens is 1. The van der Waals surface area contributed by atoms with Crippen LogP contribution in [-0.4, -0.2) is 29.9 Å². The molecule has 6 nitrogen and oxygen atoms in total. The number of benzene rings is 1. The highest BCUT2D eigenvalue weighted by Crippen LogP contribution is 2.34. The maximum Gasteiger partial charge on any atom is 0.337 e. The van der Waals surface area contributed by atoms with Gasteiger partial charge in [0.05, 0.1) is 12.7 Å². The number of amides is 3. The van der Waals surface area contributed by atoms with E-state index in [4.69, 9.17) is 16.3 Å². The molecule has 0 radical (unpaired) electrons. The fourth-order valence-corrected chi connectivity index (χ4v) is 2.53. The van der Waals surface area contributed by atoms with Crippen LogP contribution < -0.4 is 5.32 Å². The Balaban J connectivity index is 2.64. The third-order valence-electron chi connectivity index (χ3n) is 3.38. The lowest BCUT2D eigenvalue weighted by molar-refractivity contribution is -0.137. The highest BCUT2D eigenvalue weighted by atomic mass is 35.5. The van der Waals surface area contributed by atoms with E-state index in [9.17, 15) is 14.4 Å². The SMILES string of the molecule is COC(=O)C1=C(C)NC(=O)N(C(C)=O)[C@H]1c1ccc(Cl)cc1. The van der Waals surface area contributed by atoms with E-state index in [1.54, 1.807) is 31.2 Å². The van der Waals surface area contributed by atoms with Gasteiger partial charge in [-0.15, -0.1) is 0 Å². The standard InChI is InChI=1S/C15H15ClN2O4/c1-8-12(14(20)22-3)13(10-4-6-11(16)7-5-10)18(9(2)19)15(21)17-8/h4-7,13H,1-3H3,(H,17,21)/t13-/m0/s1. The van der Waals surface area contributed by atoms with E-state index in [2.05, 4.69) is 5.32 Å². The van der Waals surface area contributed by atoms with Crippen molar-refractivity contribution in [1.29, 1.82) is 0 Å². The maximum absolute atomic E-state index is 12.1. The van der Waals surface area contributed by atoms with Crippen LogP contribution in [0.4, 0.5) is 4.79 Å². The molecule has 22 heavy (non-hydrogen) atoms. The van der Waals surface area contributed by atoms with Crippen molar-refractivity contribution in [3.63, 3.8) is 0 Å². The Hall–Kier alpha value is -2.34. The molecule has 1 aliphatic rings. The minimum absolute atomic E-state index is 0.208. The van der Waals surface area contributed by atoms with Gasteiger partial charge >= 0.3 is 12.0 Å². The normalized spacial score (nSPS) is 18.1. The van der Waals surface area contributed by atoms with Crippen molar-refractivity contribution in [3.05, 3.63) is 46.1 Å². The first-order chi connectivity index (χ1) is 10.4. The first kappa shape index (κ1) is 16.0. The molecule has 2 rings (SSSR count). The largest absolute Gasteiger partial charge is 0.466 e. The van der Waals surface area contributed by atoms with Crippen LogP contribution >= 0.6 is 11.6 Å². The molecule has 1 aliphatic heterocycles. The molecule has 0 saturated carbocycles. The lowest BCUT2D eigenvalue weighted by Gasteiger charge is -2.35. The number of rotatable bonds is 2. The number of carbonyl (C=O) groups is 3. The Morgan fingerprint density at radius 1 is 1.27 bits per heavy atom. The summed E-state index contributed by atoms with van der Waals surface area (Å²) < 4.78 is 4.79. The van der Waals surface area contributed by atoms with Gasteiger partial charge in [-0.1, -0.05) is 23.7 Å². The van der Waals surface area contributed by atoms with Crippen LogP contribution in [0.15, 0.2) is 35.5 Å². The molecule has 0 unspecified atom stereocenters. The molecule has 3 amide bonds. The summed E-state index contributed by atoms with van der Waals surface area (Å²) in [6.45, 7) is 2.85. The van der Waals surface area contributed by atoms with E-state index in [0.29, 0.717) is 16.3 Å². The second kappa shape index (κ2) is 6.19. The molecule has 1 N–H and O–H groups in total. The van der Waals surface area contributed by atoms with Crippen molar-refractivity contribution >= 4 is 29.5 Å². The smallest absolute Gasteiger partial charge is 0.337 e. The summed E-state index contributed by atoms with van der Waals surface area (Å²) in [5.41, 5.74) is 1.16. The second-order valence-corrected chi connectivity index (χ2v) is 5.24. The number of carbonyl (C=O) groups excluding carboxylic acids is 3. The first-order valence-electron chi connectivity index (χ1n) is 6.52. The van der Waals surface area contributed by atoms with Crippen molar-refractivity contribution in [3.8, 4) is 0 Å².